The highest BCUT2D eigenvalue weighted by atomic mass is 32.1. The first kappa shape index (κ1) is 8.84. The number of aldehydes is 1. The third kappa shape index (κ3) is 1.78. The molecule has 1 fully saturated rings. The zero-order valence-corrected chi connectivity index (χ0v) is 8.38. The van der Waals surface area contributed by atoms with Crippen molar-refractivity contribution in [3.8, 4) is 0 Å². The lowest BCUT2D eigenvalue weighted by atomic mass is 10.1. The standard InChI is InChI=1S/C9H12N2OS/c1-11-3-2-7(4-11)8-6-13-9(5-12)10-8/h5-7H,2-4H2,1H3. The fourth-order valence-corrected chi connectivity index (χ4v) is 2.42. The van der Waals surface area contributed by atoms with Crippen LogP contribution in [0.25, 0.3) is 0 Å². The minimum absolute atomic E-state index is 0.537. The second-order valence-electron chi connectivity index (χ2n) is 3.48. The summed E-state index contributed by atoms with van der Waals surface area (Å²) in [5.41, 5.74) is 1.09. The molecule has 1 aromatic rings. The van der Waals surface area contributed by atoms with Crippen LogP contribution in [0.3, 0.4) is 0 Å². The van der Waals surface area contributed by atoms with E-state index in [2.05, 4.69) is 16.9 Å². The molecule has 1 unspecified atom stereocenters. The number of likely N-dealkylation sites (tertiary alicyclic amines) is 1. The van der Waals surface area contributed by atoms with E-state index in [1.54, 1.807) is 0 Å². The number of hydrogen-bond acceptors (Lipinski definition) is 4. The number of hydrogen-bond donors (Lipinski definition) is 0. The molecule has 0 radical (unpaired) electrons. The van der Waals surface area contributed by atoms with Gasteiger partial charge in [-0.15, -0.1) is 11.3 Å². The molecule has 0 aliphatic carbocycles. The third-order valence-electron chi connectivity index (χ3n) is 2.45. The number of carbonyl (C=O) groups is 1. The zero-order chi connectivity index (χ0) is 9.26. The summed E-state index contributed by atoms with van der Waals surface area (Å²) in [5.74, 6) is 0.537. The SMILES string of the molecule is CN1CCC(c2csc(C=O)n2)C1. The van der Waals surface area contributed by atoms with E-state index in [4.69, 9.17) is 0 Å². The highest BCUT2D eigenvalue weighted by Gasteiger charge is 2.22. The van der Waals surface area contributed by atoms with Gasteiger partial charge in [0.05, 0.1) is 5.69 Å². The van der Waals surface area contributed by atoms with Crippen LogP contribution in [0.1, 0.15) is 27.8 Å². The maximum absolute atomic E-state index is 10.4. The maximum atomic E-state index is 10.4. The van der Waals surface area contributed by atoms with E-state index in [1.807, 2.05) is 5.38 Å². The van der Waals surface area contributed by atoms with Gasteiger partial charge in [-0.2, -0.15) is 0 Å². The van der Waals surface area contributed by atoms with Gasteiger partial charge in [0.2, 0.25) is 0 Å². The van der Waals surface area contributed by atoms with E-state index < -0.39 is 0 Å². The summed E-state index contributed by atoms with van der Waals surface area (Å²) < 4.78 is 0. The van der Waals surface area contributed by atoms with Crippen molar-refractivity contribution in [2.24, 2.45) is 0 Å². The Balaban J connectivity index is 2.12. The van der Waals surface area contributed by atoms with Gasteiger partial charge < -0.3 is 4.90 Å². The summed E-state index contributed by atoms with van der Waals surface area (Å²) in [6.07, 6.45) is 1.99. The molecule has 0 spiro atoms. The lowest BCUT2D eigenvalue weighted by molar-refractivity contribution is 0.112. The summed E-state index contributed by atoms with van der Waals surface area (Å²) in [4.78, 5) is 17.0. The van der Waals surface area contributed by atoms with Crippen molar-refractivity contribution in [3.63, 3.8) is 0 Å². The lowest BCUT2D eigenvalue weighted by Crippen LogP contribution is -2.13. The fourth-order valence-electron chi connectivity index (χ4n) is 1.72. The van der Waals surface area contributed by atoms with E-state index >= 15 is 0 Å². The van der Waals surface area contributed by atoms with Gasteiger partial charge in [-0.05, 0) is 20.0 Å². The monoisotopic (exact) mass is 196 g/mol. The molecular formula is C9H12N2OS. The van der Waals surface area contributed by atoms with E-state index in [0.717, 1.165) is 25.1 Å². The first-order chi connectivity index (χ1) is 6.29. The predicted octanol–water partition coefficient (Wildman–Crippen LogP) is 1.37. The second kappa shape index (κ2) is 3.55. The number of carbonyl (C=O) groups excluding carboxylic acids is 1. The van der Waals surface area contributed by atoms with Crippen molar-refractivity contribution in [3.05, 3.63) is 16.1 Å². The quantitative estimate of drug-likeness (QED) is 0.670. The molecule has 13 heavy (non-hydrogen) atoms. The van der Waals surface area contributed by atoms with Crippen LogP contribution >= 0.6 is 11.3 Å². The molecule has 0 amide bonds. The molecule has 0 N–H and O–H groups in total. The molecule has 1 atom stereocenters. The van der Waals surface area contributed by atoms with Crippen LogP contribution in [0, 0.1) is 0 Å². The number of aromatic nitrogens is 1. The van der Waals surface area contributed by atoms with Crippen molar-refractivity contribution < 1.29 is 4.79 Å². The minimum atomic E-state index is 0.537. The largest absolute Gasteiger partial charge is 0.306 e. The molecular weight excluding hydrogens is 184 g/mol. The van der Waals surface area contributed by atoms with Gasteiger partial charge in [0.15, 0.2) is 11.3 Å². The number of thiazole rings is 1. The Hall–Kier alpha value is -0.740. The van der Waals surface area contributed by atoms with Crippen LogP contribution in [0.5, 0.6) is 0 Å². The van der Waals surface area contributed by atoms with Crippen LogP contribution in [0.15, 0.2) is 5.38 Å². The number of likely N-dealkylation sites (N-methyl/N-ethyl adjacent to an activating group) is 1. The van der Waals surface area contributed by atoms with Gasteiger partial charge >= 0.3 is 0 Å². The van der Waals surface area contributed by atoms with Crippen molar-refractivity contribution in [1.29, 1.82) is 0 Å². The molecule has 70 valence electrons. The summed E-state index contributed by atoms with van der Waals surface area (Å²) in [6, 6.07) is 0. The lowest BCUT2D eigenvalue weighted by Gasteiger charge is -2.06. The Labute approximate surface area is 81.4 Å². The number of rotatable bonds is 2. The van der Waals surface area contributed by atoms with Gasteiger partial charge in [-0.3, -0.25) is 4.79 Å². The summed E-state index contributed by atoms with van der Waals surface area (Å²) in [7, 11) is 2.12. The van der Waals surface area contributed by atoms with Crippen LogP contribution in [0.4, 0.5) is 0 Å². The van der Waals surface area contributed by atoms with Gasteiger partial charge in [-0.25, -0.2) is 4.98 Å². The molecule has 0 bridgehead atoms. The second-order valence-corrected chi connectivity index (χ2v) is 4.37. The third-order valence-corrected chi connectivity index (χ3v) is 3.24. The molecule has 1 saturated heterocycles. The average molecular weight is 196 g/mol. The van der Waals surface area contributed by atoms with Crippen LogP contribution in [-0.4, -0.2) is 36.3 Å². The summed E-state index contributed by atoms with van der Waals surface area (Å²) in [5, 5.41) is 2.61. The molecule has 0 aromatic carbocycles. The minimum Gasteiger partial charge on any atom is -0.306 e. The van der Waals surface area contributed by atoms with Crippen LogP contribution in [-0.2, 0) is 0 Å². The Kier molecular flexibility index (Phi) is 2.42. The molecule has 2 heterocycles. The normalized spacial score (nSPS) is 23.6. The van der Waals surface area contributed by atoms with E-state index in [0.29, 0.717) is 10.9 Å². The van der Waals surface area contributed by atoms with Crippen LogP contribution < -0.4 is 0 Å². The van der Waals surface area contributed by atoms with E-state index in [-0.39, 0.29) is 0 Å². The average Bonchev–Trinajstić information content (AvgIpc) is 2.71. The number of nitrogens with zero attached hydrogens (tertiary/aromatic N) is 2. The summed E-state index contributed by atoms with van der Waals surface area (Å²) in [6.45, 7) is 2.21. The van der Waals surface area contributed by atoms with Crippen LogP contribution in [0.2, 0.25) is 0 Å². The molecule has 1 aliphatic heterocycles. The fraction of sp³-hybridized carbons (Fsp3) is 0.556. The topological polar surface area (TPSA) is 33.2 Å². The van der Waals surface area contributed by atoms with E-state index in [9.17, 15) is 4.79 Å². The van der Waals surface area contributed by atoms with Crippen molar-refractivity contribution in [1.82, 2.24) is 9.88 Å². The Bertz CT molecular complexity index is 310. The zero-order valence-electron chi connectivity index (χ0n) is 7.56. The maximum Gasteiger partial charge on any atom is 0.178 e. The highest BCUT2D eigenvalue weighted by molar-refractivity contribution is 7.11. The van der Waals surface area contributed by atoms with E-state index in [1.165, 1.54) is 17.8 Å². The first-order valence-corrected chi connectivity index (χ1v) is 5.26. The van der Waals surface area contributed by atoms with Crippen molar-refractivity contribution in [2.45, 2.75) is 12.3 Å². The highest BCUT2D eigenvalue weighted by Crippen LogP contribution is 2.26. The van der Waals surface area contributed by atoms with Gasteiger partial charge in [0, 0.05) is 17.8 Å². The molecule has 3 nitrogen and oxygen atoms in total. The Morgan fingerprint density at radius 1 is 1.77 bits per heavy atom. The molecule has 0 saturated carbocycles. The summed E-state index contributed by atoms with van der Waals surface area (Å²) >= 11 is 1.44. The van der Waals surface area contributed by atoms with Crippen molar-refractivity contribution in [2.75, 3.05) is 20.1 Å². The Morgan fingerprint density at radius 3 is 3.15 bits per heavy atom. The predicted molar refractivity (Wildman–Crippen MR) is 52.4 cm³/mol. The van der Waals surface area contributed by atoms with Gasteiger partial charge in [-0.1, -0.05) is 0 Å². The Morgan fingerprint density at radius 2 is 2.62 bits per heavy atom. The molecule has 2 rings (SSSR count). The first-order valence-electron chi connectivity index (χ1n) is 4.38. The molecule has 1 aromatic heterocycles. The smallest absolute Gasteiger partial charge is 0.178 e. The van der Waals surface area contributed by atoms with Crippen molar-refractivity contribution >= 4 is 17.6 Å². The molecule has 4 heteroatoms. The van der Waals surface area contributed by atoms with Gasteiger partial charge in [0.1, 0.15) is 0 Å². The van der Waals surface area contributed by atoms with Gasteiger partial charge in [0.25, 0.3) is 0 Å². The molecule has 1 aliphatic rings.